The van der Waals surface area contributed by atoms with Crippen LogP contribution in [0.25, 0.3) is 0 Å². The molecule has 1 aliphatic heterocycles. The first-order valence-corrected chi connectivity index (χ1v) is 16.8. The Morgan fingerprint density at radius 1 is 0.732 bits per heavy atom. The molecule has 1 atom stereocenters. The Morgan fingerprint density at radius 2 is 1.32 bits per heavy atom. The highest BCUT2D eigenvalue weighted by molar-refractivity contribution is 8.18. The molecule has 1 heterocycles. The smallest absolute Gasteiger partial charge is 0.203 e. The van der Waals surface area contributed by atoms with Gasteiger partial charge < -0.3 is 28.6 Å². The van der Waals surface area contributed by atoms with Gasteiger partial charge in [-0.25, -0.2) is 0 Å². The van der Waals surface area contributed by atoms with Crippen molar-refractivity contribution in [1.29, 1.82) is 0 Å². The van der Waals surface area contributed by atoms with Crippen molar-refractivity contribution in [1.82, 2.24) is 4.90 Å². The van der Waals surface area contributed by atoms with E-state index in [1.54, 1.807) is 35.5 Å². The van der Waals surface area contributed by atoms with E-state index in [1.807, 2.05) is 0 Å². The zero-order valence-corrected chi connectivity index (χ0v) is 27.7. The van der Waals surface area contributed by atoms with Gasteiger partial charge in [-0.05, 0) is 85.5 Å². The summed E-state index contributed by atoms with van der Waals surface area (Å²) in [5.74, 6) is 6.55. The SMILES string of the molecule is COc1ccc(C2(CN(C)CC(C)CC3(c4cc(OC)c(OC)c(OC)c4)SCCCS3)CCCCC2)cc1OC. The molecule has 0 N–H and O–H groups in total. The molecule has 0 radical (unpaired) electrons. The van der Waals surface area contributed by atoms with Crippen LogP contribution in [0.5, 0.6) is 28.7 Å². The molecule has 2 aromatic rings. The van der Waals surface area contributed by atoms with Crippen LogP contribution in [0.2, 0.25) is 0 Å². The van der Waals surface area contributed by atoms with Crippen molar-refractivity contribution >= 4 is 23.5 Å². The topological polar surface area (TPSA) is 49.4 Å². The lowest BCUT2D eigenvalue weighted by molar-refractivity contribution is 0.175. The van der Waals surface area contributed by atoms with Crippen molar-refractivity contribution in [2.24, 2.45) is 5.92 Å². The summed E-state index contributed by atoms with van der Waals surface area (Å²) in [4.78, 5) is 2.58. The van der Waals surface area contributed by atoms with Crippen molar-refractivity contribution < 1.29 is 23.7 Å². The Labute approximate surface area is 256 Å². The molecule has 0 bridgehead atoms. The molecule has 1 saturated carbocycles. The lowest BCUT2D eigenvalue weighted by atomic mass is 9.69. The van der Waals surface area contributed by atoms with Crippen LogP contribution in [0.15, 0.2) is 30.3 Å². The largest absolute Gasteiger partial charge is 0.493 e. The Hall–Kier alpha value is -1.90. The van der Waals surface area contributed by atoms with Gasteiger partial charge in [0.1, 0.15) is 0 Å². The number of thioether (sulfide) groups is 2. The fourth-order valence-electron chi connectivity index (χ4n) is 6.85. The van der Waals surface area contributed by atoms with Gasteiger partial charge in [0, 0.05) is 18.5 Å². The van der Waals surface area contributed by atoms with Gasteiger partial charge in [0.2, 0.25) is 5.75 Å². The molecular weight excluding hydrogens is 554 g/mol. The van der Waals surface area contributed by atoms with Crippen LogP contribution < -0.4 is 23.7 Å². The van der Waals surface area contributed by atoms with Crippen molar-refractivity contribution in [3.63, 3.8) is 0 Å². The summed E-state index contributed by atoms with van der Waals surface area (Å²) in [6.07, 6.45) is 8.61. The number of methoxy groups -OCH3 is 5. The molecule has 6 nitrogen and oxygen atoms in total. The second-order valence-corrected chi connectivity index (χ2v) is 14.7. The van der Waals surface area contributed by atoms with E-state index in [0.29, 0.717) is 11.7 Å². The van der Waals surface area contributed by atoms with E-state index < -0.39 is 0 Å². The zero-order valence-electron chi connectivity index (χ0n) is 26.0. The Balaban J connectivity index is 1.55. The third kappa shape index (κ3) is 7.19. The third-order valence-electron chi connectivity index (χ3n) is 8.68. The Morgan fingerprint density at radius 3 is 1.88 bits per heavy atom. The molecule has 2 aromatic carbocycles. The molecular formula is C33H49NO5S2. The van der Waals surface area contributed by atoms with E-state index in [-0.39, 0.29) is 9.49 Å². The summed E-state index contributed by atoms with van der Waals surface area (Å²) >= 11 is 4.15. The molecule has 1 saturated heterocycles. The van der Waals surface area contributed by atoms with Gasteiger partial charge in [-0.15, -0.1) is 23.5 Å². The first kappa shape index (κ1) is 32.0. The summed E-state index contributed by atoms with van der Waals surface area (Å²) in [5, 5.41) is 0. The van der Waals surface area contributed by atoms with Crippen LogP contribution in [0.1, 0.15) is 63.0 Å². The zero-order chi connectivity index (χ0) is 29.5. The van der Waals surface area contributed by atoms with E-state index in [0.717, 1.165) is 54.0 Å². The summed E-state index contributed by atoms with van der Waals surface area (Å²) in [5.41, 5.74) is 2.77. The van der Waals surface area contributed by atoms with E-state index in [1.165, 1.54) is 49.7 Å². The summed E-state index contributed by atoms with van der Waals surface area (Å²) < 4.78 is 28.3. The van der Waals surface area contributed by atoms with Crippen molar-refractivity contribution in [2.75, 3.05) is 67.2 Å². The number of likely N-dealkylation sites (N-methyl/N-ethyl adjacent to an activating group) is 1. The summed E-state index contributed by atoms with van der Waals surface area (Å²) in [6, 6.07) is 10.9. The fourth-order valence-corrected chi connectivity index (χ4v) is 10.5. The van der Waals surface area contributed by atoms with Gasteiger partial charge >= 0.3 is 0 Å². The second-order valence-electron chi connectivity index (χ2n) is 11.6. The highest BCUT2D eigenvalue weighted by Crippen LogP contribution is 2.56. The van der Waals surface area contributed by atoms with Gasteiger partial charge in [0.15, 0.2) is 23.0 Å². The molecule has 8 heteroatoms. The van der Waals surface area contributed by atoms with Crippen molar-refractivity contribution in [2.45, 2.75) is 61.4 Å². The highest BCUT2D eigenvalue weighted by atomic mass is 32.2. The van der Waals surface area contributed by atoms with Crippen LogP contribution in [-0.2, 0) is 9.49 Å². The molecule has 2 aliphatic rings. The van der Waals surface area contributed by atoms with E-state index in [4.69, 9.17) is 23.7 Å². The number of rotatable bonds is 13. The lowest BCUT2D eigenvalue weighted by Gasteiger charge is -2.43. The lowest BCUT2D eigenvalue weighted by Crippen LogP contribution is -2.42. The highest BCUT2D eigenvalue weighted by Gasteiger charge is 2.40. The second kappa shape index (κ2) is 14.5. The maximum atomic E-state index is 5.74. The molecule has 0 aromatic heterocycles. The van der Waals surface area contributed by atoms with Crippen LogP contribution in [-0.4, -0.2) is 72.1 Å². The number of hydrogen-bond acceptors (Lipinski definition) is 8. The van der Waals surface area contributed by atoms with Crippen LogP contribution >= 0.6 is 23.5 Å². The Bertz CT molecular complexity index is 1110. The molecule has 228 valence electrons. The molecule has 4 rings (SSSR count). The maximum absolute atomic E-state index is 5.74. The van der Waals surface area contributed by atoms with Gasteiger partial charge in [-0.1, -0.05) is 32.3 Å². The van der Waals surface area contributed by atoms with E-state index in [9.17, 15) is 0 Å². The monoisotopic (exact) mass is 603 g/mol. The minimum absolute atomic E-state index is 0.0444. The molecule has 0 spiro atoms. The molecule has 2 fully saturated rings. The van der Waals surface area contributed by atoms with Gasteiger partial charge in [0.25, 0.3) is 0 Å². The van der Waals surface area contributed by atoms with Crippen molar-refractivity contribution in [3.05, 3.63) is 41.5 Å². The minimum atomic E-state index is -0.0444. The summed E-state index contributed by atoms with van der Waals surface area (Å²) in [6.45, 7) is 4.50. The molecule has 41 heavy (non-hydrogen) atoms. The number of benzene rings is 2. The fraction of sp³-hybridized carbons (Fsp3) is 0.636. The molecule has 0 amide bonds. The first-order chi connectivity index (χ1) is 19.8. The van der Waals surface area contributed by atoms with Crippen molar-refractivity contribution in [3.8, 4) is 28.7 Å². The Kier molecular flexibility index (Phi) is 11.3. The van der Waals surface area contributed by atoms with Gasteiger partial charge in [-0.3, -0.25) is 0 Å². The van der Waals surface area contributed by atoms with Crippen LogP contribution in [0, 0.1) is 5.92 Å². The summed E-state index contributed by atoms with van der Waals surface area (Å²) in [7, 11) is 10.8. The average molecular weight is 604 g/mol. The number of hydrogen-bond donors (Lipinski definition) is 0. The maximum Gasteiger partial charge on any atom is 0.203 e. The van der Waals surface area contributed by atoms with E-state index >= 15 is 0 Å². The van der Waals surface area contributed by atoms with Crippen LogP contribution in [0.3, 0.4) is 0 Å². The molecule has 1 unspecified atom stereocenters. The van der Waals surface area contributed by atoms with E-state index in [2.05, 4.69) is 72.7 Å². The molecule has 1 aliphatic carbocycles. The van der Waals surface area contributed by atoms with Gasteiger partial charge in [0.05, 0.1) is 39.6 Å². The van der Waals surface area contributed by atoms with Crippen LogP contribution in [0.4, 0.5) is 0 Å². The first-order valence-electron chi connectivity index (χ1n) is 14.8. The predicted molar refractivity (Wildman–Crippen MR) is 173 cm³/mol. The standard InChI is InChI=1S/C33H49NO5S2/c1-24(21-33(40-16-11-17-41-33)26-19-29(37-5)31(39-7)30(20-26)38-6)22-34(2)23-32(14-9-8-10-15-32)25-12-13-27(35-3)28(18-25)36-4/h12-13,18-20,24H,8-11,14-17,21-23H2,1-7H3. The minimum Gasteiger partial charge on any atom is -0.493 e. The normalized spacial score (nSPS) is 18.9. The predicted octanol–water partition coefficient (Wildman–Crippen LogP) is 7.61. The van der Waals surface area contributed by atoms with Gasteiger partial charge in [-0.2, -0.15) is 0 Å². The average Bonchev–Trinajstić information content (AvgIpc) is 3.00. The quantitative estimate of drug-likeness (QED) is 0.232. The number of ether oxygens (including phenoxy) is 5. The third-order valence-corrected chi connectivity index (χ3v) is 12.1. The number of nitrogens with zero attached hydrogens (tertiary/aromatic N) is 1.